The van der Waals surface area contributed by atoms with Crippen LogP contribution in [0.2, 0.25) is 0 Å². The standard InChI is InChI=1S/C16H17N3S/c1-11-15(10-17)16(19(2)18-11)20-14-8-7-12-5-3-4-6-13(12)9-14/h3-9H,10,17H2,1-2H3. The topological polar surface area (TPSA) is 43.8 Å². The highest BCUT2D eigenvalue weighted by Gasteiger charge is 2.13. The Balaban J connectivity index is 2.01. The Morgan fingerprint density at radius 3 is 2.65 bits per heavy atom. The fourth-order valence-electron chi connectivity index (χ4n) is 2.39. The van der Waals surface area contributed by atoms with Gasteiger partial charge in [0.25, 0.3) is 0 Å². The number of fused-ring (bicyclic) bond motifs is 1. The van der Waals surface area contributed by atoms with Gasteiger partial charge in [0.15, 0.2) is 0 Å². The molecule has 0 aliphatic rings. The molecule has 0 aliphatic carbocycles. The van der Waals surface area contributed by atoms with Crippen molar-refractivity contribution in [1.29, 1.82) is 0 Å². The number of nitrogens with two attached hydrogens (primary N) is 1. The normalized spacial score (nSPS) is 11.2. The van der Waals surface area contributed by atoms with Crippen LogP contribution in [0, 0.1) is 6.92 Å². The molecule has 0 fully saturated rings. The summed E-state index contributed by atoms with van der Waals surface area (Å²) in [5.41, 5.74) is 7.98. The van der Waals surface area contributed by atoms with Crippen molar-refractivity contribution in [3.8, 4) is 0 Å². The van der Waals surface area contributed by atoms with Gasteiger partial charge in [-0.2, -0.15) is 5.10 Å². The molecule has 0 radical (unpaired) electrons. The van der Waals surface area contributed by atoms with E-state index in [2.05, 4.69) is 47.6 Å². The second-order valence-corrected chi connectivity index (χ2v) is 5.87. The maximum Gasteiger partial charge on any atom is 0.103 e. The van der Waals surface area contributed by atoms with Gasteiger partial charge in [0.05, 0.1) is 5.69 Å². The van der Waals surface area contributed by atoms with Crippen molar-refractivity contribution in [3.63, 3.8) is 0 Å². The number of aryl methyl sites for hydroxylation is 2. The largest absolute Gasteiger partial charge is 0.326 e. The minimum atomic E-state index is 0.523. The fraction of sp³-hybridized carbons (Fsp3) is 0.188. The van der Waals surface area contributed by atoms with Gasteiger partial charge in [-0.1, -0.05) is 42.1 Å². The Morgan fingerprint density at radius 2 is 1.90 bits per heavy atom. The number of hydrogen-bond acceptors (Lipinski definition) is 3. The van der Waals surface area contributed by atoms with Crippen molar-refractivity contribution in [2.75, 3.05) is 0 Å². The summed E-state index contributed by atoms with van der Waals surface area (Å²) >= 11 is 1.72. The molecule has 0 saturated heterocycles. The first-order chi connectivity index (χ1) is 9.69. The molecule has 0 amide bonds. The molecule has 1 aromatic heterocycles. The van der Waals surface area contributed by atoms with Crippen molar-refractivity contribution in [2.24, 2.45) is 12.8 Å². The maximum absolute atomic E-state index is 5.84. The Hall–Kier alpha value is -1.78. The van der Waals surface area contributed by atoms with Crippen LogP contribution in [0.5, 0.6) is 0 Å². The van der Waals surface area contributed by atoms with E-state index in [1.54, 1.807) is 11.8 Å². The van der Waals surface area contributed by atoms with Crippen LogP contribution < -0.4 is 5.73 Å². The monoisotopic (exact) mass is 283 g/mol. The molecule has 1 heterocycles. The van der Waals surface area contributed by atoms with E-state index < -0.39 is 0 Å². The summed E-state index contributed by atoms with van der Waals surface area (Å²) in [4.78, 5) is 1.21. The molecule has 3 rings (SSSR count). The third kappa shape index (κ3) is 2.32. The van der Waals surface area contributed by atoms with Gasteiger partial charge in [0, 0.05) is 24.1 Å². The van der Waals surface area contributed by atoms with E-state index in [4.69, 9.17) is 5.73 Å². The summed E-state index contributed by atoms with van der Waals surface area (Å²) in [5, 5.41) is 8.10. The van der Waals surface area contributed by atoms with Gasteiger partial charge in [0.2, 0.25) is 0 Å². The highest BCUT2D eigenvalue weighted by Crippen LogP contribution is 2.33. The molecule has 3 aromatic rings. The molecule has 0 aliphatic heterocycles. The zero-order valence-corrected chi connectivity index (χ0v) is 12.4. The van der Waals surface area contributed by atoms with Crippen molar-refractivity contribution in [1.82, 2.24) is 9.78 Å². The molecule has 0 unspecified atom stereocenters. The van der Waals surface area contributed by atoms with E-state index in [9.17, 15) is 0 Å². The van der Waals surface area contributed by atoms with Gasteiger partial charge in [-0.3, -0.25) is 4.68 Å². The van der Waals surface area contributed by atoms with E-state index in [1.165, 1.54) is 15.7 Å². The van der Waals surface area contributed by atoms with Crippen LogP contribution in [0.15, 0.2) is 52.4 Å². The number of rotatable bonds is 3. The minimum Gasteiger partial charge on any atom is -0.326 e. The van der Waals surface area contributed by atoms with Crippen LogP contribution in [0.25, 0.3) is 10.8 Å². The van der Waals surface area contributed by atoms with E-state index in [0.29, 0.717) is 6.54 Å². The lowest BCUT2D eigenvalue weighted by molar-refractivity contribution is 0.688. The average molecular weight is 283 g/mol. The van der Waals surface area contributed by atoms with Crippen LogP contribution in [0.1, 0.15) is 11.3 Å². The predicted molar refractivity (Wildman–Crippen MR) is 83.9 cm³/mol. The van der Waals surface area contributed by atoms with Gasteiger partial charge in [0.1, 0.15) is 5.03 Å². The smallest absolute Gasteiger partial charge is 0.103 e. The van der Waals surface area contributed by atoms with Gasteiger partial charge in [-0.05, 0) is 29.8 Å². The molecule has 3 nitrogen and oxygen atoms in total. The molecule has 0 spiro atoms. The molecular weight excluding hydrogens is 266 g/mol. The molecule has 4 heteroatoms. The second-order valence-electron chi connectivity index (χ2n) is 4.81. The predicted octanol–water partition coefficient (Wildman–Crippen LogP) is 3.49. The second kappa shape index (κ2) is 5.31. The molecule has 0 atom stereocenters. The Kier molecular flexibility index (Phi) is 3.51. The van der Waals surface area contributed by atoms with E-state index >= 15 is 0 Å². The average Bonchev–Trinajstić information content (AvgIpc) is 2.72. The molecule has 20 heavy (non-hydrogen) atoms. The van der Waals surface area contributed by atoms with E-state index in [1.807, 2.05) is 18.7 Å². The van der Waals surface area contributed by atoms with Crippen LogP contribution in [0.4, 0.5) is 0 Å². The molecule has 102 valence electrons. The SMILES string of the molecule is Cc1nn(C)c(Sc2ccc3ccccc3c2)c1CN. The molecule has 0 bridgehead atoms. The molecule has 2 N–H and O–H groups in total. The van der Waals surface area contributed by atoms with Crippen LogP contribution in [0.3, 0.4) is 0 Å². The Labute approximate surface area is 122 Å². The summed E-state index contributed by atoms with van der Waals surface area (Å²) in [6.45, 7) is 2.53. The van der Waals surface area contributed by atoms with Gasteiger partial charge in [-0.15, -0.1) is 0 Å². The summed E-state index contributed by atoms with van der Waals surface area (Å²) in [5.74, 6) is 0. The third-order valence-corrected chi connectivity index (χ3v) is 4.62. The Morgan fingerprint density at radius 1 is 1.15 bits per heavy atom. The van der Waals surface area contributed by atoms with E-state index in [-0.39, 0.29) is 0 Å². The van der Waals surface area contributed by atoms with Crippen LogP contribution in [-0.4, -0.2) is 9.78 Å². The number of aromatic nitrogens is 2. The van der Waals surface area contributed by atoms with E-state index in [0.717, 1.165) is 16.3 Å². The maximum atomic E-state index is 5.84. The summed E-state index contributed by atoms with van der Waals surface area (Å²) in [7, 11) is 1.97. The highest BCUT2D eigenvalue weighted by atomic mass is 32.2. The van der Waals surface area contributed by atoms with Crippen molar-refractivity contribution >= 4 is 22.5 Å². The minimum absolute atomic E-state index is 0.523. The van der Waals surface area contributed by atoms with Crippen molar-refractivity contribution in [3.05, 3.63) is 53.7 Å². The van der Waals surface area contributed by atoms with Gasteiger partial charge in [-0.25, -0.2) is 0 Å². The lowest BCUT2D eigenvalue weighted by Gasteiger charge is -2.06. The molecule has 0 saturated carbocycles. The zero-order valence-electron chi connectivity index (χ0n) is 11.6. The molecular formula is C16H17N3S. The lowest BCUT2D eigenvalue weighted by atomic mass is 10.1. The summed E-state index contributed by atoms with van der Waals surface area (Å²) in [6.07, 6.45) is 0. The first-order valence-electron chi connectivity index (χ1n) is 6.58. The van der Waals surface area contributed by atoms with Crippen molar-refractivity contribution in [2.45, 2.75) is 23.4 Å². The number of nitrogens with zero attached hydrogens (tertiary/aromatic N) is 2. The number of hydrogen-bond donors (Lipinski definition) is 1. The fourth-order valence-corrected chi connectivity index (χ4v) is 3.46. The Bertz CT molecular complexity index is 762. The lowest BCUT2D eigenvalue weighted by Crippen LogP contribution is -1.99. The van der Waals surface area contributed by atoms with Crippen molar-refractivity contribution < 1.29 is 0 Å². The molecule has 2 aromatic carbocycles. The third-order valence-electron chi connectivity index (χ3n) is 3.43. The highest BCUT2D eigenvalue weighted by molar-refractivity contribution is 7.99. The summed E-state index contributed by atoms with van der Waals surface area (Å²) < 4.78 is 1.91. The summed E-state index contributed by atoms with van der Waals surface area (Å²) in [6, 6.07) is 14.9. The quantitative estimate of drug-likeness (QED) is 0.800. The van der Waals surface area contributed by atoms with Gasteiger partial charge >= 0.3 is 0 Å². The zero-order chi connectivity index (χ0) is 14.1. The van der Waals surface area contributed by atoms with Crippen LogP contribution in [-0.2, 0) is 13.6 Å². The first kappa shape index (κ1) is 13.2. The number of benzene rings is 2. The van der Waals surface area contributed by atoms with Gasteiger partial charge < -0.3 is 5.73 Å². The first-order valence-corrected chi connectivity index (χ1v) is 7.40. The van der Waals surface area contributed by atoms with Crippen LogP contribution >= 0.6 is 11.8 Å².